The Bertz CT molecular complexity index is 1280. The Morgan fingerprint density at radius 2 is 2.06 bits per heavy atom. The average molecular weight is 482 g/mol. The Morgan fingerprint density at radius 1 is 1.23 bits per heavy atom. The number of fused-ring (bicyclic) bond motifs is 1. The number of likely N-dealkylation sites (tertiary alicyclic amines) is 1. The number of carbonyl (C=O) groups excluding carboxylic acids is 1. The molecule has 3 aromatic rings. The van der Waals surface area contributed by atoms with Crippen LogP contribution in [-0.4, -0.2) is 75.6 Å². The molecule has 35 heavy (non-hydrogen) atoms. The molecule has 1 amide bonds. The van der Waals surface area contributed by atoms with Gasteiger partial charge in [0.05, 0.1) is 25.5 Å². The van der Waals surface area contributed by atoms with Gasteiger partial charge in [-0.1, -0.05) is 0 Å². The third kappa shape index (κ3) is 4.72. The van der Waals surface area contributed by atoms with Crippen molar-refractivity contribution < 1.29 is 18.3 Å². The second-order valence-corrected chi connectivity index (χ2v) is 8.51. The van der Waals surface area contributed by atoms with Crippen LogP contribution in [0.5, 0.6) is 0 Å². The van der Waals surface area contributed by atoms with Gasteiger partial charge in [0.2, 0.25) is 11.7 Å². The van der Waals surface area contributed by atoms with Crippen LogP contribution in [0, 0.1) is 23.0 Å². The maximum Gasteiger partial charge on any atom is 0.236 e. The van der Waals surface area contributed by atoms with Crippen molar-refractivity contribution in [3.05, 3.63) is 36.2 Å². The fourth-order valence-corrected chi connectivity index (χ4v) is 4.44. The summed E-state index contributed by atoms with van der Waals surface area (Å²) in [5.74, 6) is -0.972. The number of morpholine rings is 1. The zero-order valence-corrected chi connectivity index (χ0v) is 19.0. The van der Waals surface area contributed by atoms with Crippen LogP contribution in [0.1, 0.15) is 19.3 Å². The van der Waals surface area contributed by atoms with Crippen LogP contribution in [0.25, 0.3) is 17.2 Å². The first-order chi connectivity index (χ1) is 17.0. The van der Waals surface area contributed by atoms with Gasteiger partial charge in [0.15, 0.2) is 17.5 Å². The lowest BCUT2D eigenvalue weighted by Crippen LogP contribution is -2.45. The first-order valence-corrected chi connectivity index (χ1v) is 11.5. The van der Waals surface area contributed by atoms with Crippen molar-refractivity contribution in [3.63, 3.8) is 0 Å². The van der Waals surface area contributed by atoms with E-state index < -0.39 is 11.6 Å². The maximum atomic E-state index is 15.7. The lowest BCUT2D eigenvalue weighted by molar-refractivity contribution is -0.131. The fourth-order valence-electron chi connectivity index (χ4n) is 4.44. The van der Waals surface area contributed by atoms with Gasteiger partial charge in [-0.05, 0) is 25.0 Å². The summed E-state index contributed by atoms with van der Waals surface area (Å²) >= 11 is 0. The van der Waals surface area contributed by atoms with Crippen molar-refractivity contribution >= 4 is 23.2 Å². The van der Waals surface area contributed by atoms with E-state index >= 15 is 4.39 Å². The van der Waals surface area contributed by atoms with Crippen molar-refractivity contribution in [3.8, 4) is 17.6 Å². The van der Waals surface area contributed by atoms with Crippen LogP contribution < -0.4 is 10.2 Å². The van der Waals surface area contributed by atoms with E-state index in [1.165, 1.54) is 22.9 Å². The number of nitrogens with one attached hydrogen (secondary N) is 1. The minimum Gasteiger partial charge on any atom is -0.378 e. The Hall–Kier alpha value is -3.85. The number of ether oxygens (including phenoxy) is 1. The number of pyridine rings is 1. The third-order valence-electron chi connectivity index (χ3n) is 6.19. The van der Waals surface area contributed by atoms with Gasteiger partial charge in [0.1, 0.15) is 23.6 Å². The number of rotatable bonds is 5. The molecule has 2 aliphatic heterocycles. The summed E-state index contributed by atoms with van der Waals surface area (Å²) in [6.45, 7) is 2.72. The summed E-state index contributed by atoms with van der Waals surface area (Å²) in [7, 11) is 0. The monoisotopic (exact) mass is 482 g/mol. The van der Waals surface area contributed by atoms with E-state index in [0.29, 0.717) is 57.2 Å². The quantitative estimate of drug-likeness (QED) is 0.589. The molecule has 0 radical (unpaired) electrons. The summed E-state index contributed by atoms with van der Waals surface area (Å²) in [6.07, 6.45) is 4.05. The molecule has 0 saturated carbocycles. The van der Waals surface area contributed by atoms with Gasteiger partial charge in [0, 0.05) is 38.4 Å². The van der Waals surface area contributed by atoms with E-state index in [9.17, 15) is 9.18 Å². The maximum absolute atomic E-state index is 15.7. The molecule has 2 fully saturated rings. The van der Waals surface area contributed by atoms with Crippen molar-refractivity contribution in [2.75, 3.05) is 49.6 Å². The summed E-state index contributed by atoms with van der Waals surface area (Å²) in [6, 6.07) is 4.48. The van der Waals surface area contributed by atoms with Crippen molar-refractivity contribution in [2.45, 2.75) is 25.3 Å². The lowest BCUT2D eigenvalue weighted by atomic mass is 10.1. The molecule has 182 valence electrons. The fraction of sp³-hybridized carbons (Fsp3) is 0.435. The number of halogens is 2. The number of imidazole rings is 1. The molecule has 2 saturated heterocycles. The molecular formula is C23H24F2N8O2. The predicted molar refractivity (Wildman–Crippen MR) is 123 cm³/mol. The summed E-state index contributed by atoms with van der Waals surface area (Å²) in [4.78, 5) is 28.9. The Labute approximate surface area is 200 Å². The van der Waals surface area contributed by atoms with Gasteiger partial charge in [0.25, 0.3) is 0 Å². The number of piperidine rings is 1. The van der Waals surface area contributed by atoms with Gasteiger partial charge in [-0.3, -0.25) is 9.20 Å². The van der Waals surface area contributed by atoms with Crippen LogP contribution in [-0.2, 0) is 9.53 Å². The zero-order chi connectivity index (χ0) is 24.4. The van der Waals surface area contributed by atoms with Gasteiger partial charge < -0.3 is 19.9 Å². The highest BCUT2D eigenvalue weighted by atomic mass is 19.1. The number of hydrogen-bond acceptors (Lipinski definition) is 8. The molecule has 12 heteroatoms. The number of aromatic nitrogens is 4. The molecule has 10 nitrogen and oxygen atoms in total. The van der Waals surface area contributed by atoms with E-state index in [-0.39, 0.29) is 35.8 Å². The van der Waals surface area contributed by atoms with Gasteiger partial charge in [-0.15, -0.1) is 0 Å². The van der Waals surface area contributed by atoms with E-state index in [2.05, 4.69) is 20.3 Å². The second-order valence-electron chi connectivity index (χ2n) is 8.51. The van der Waals surface area contributed by atoms with E-state index in [1.807, 2.05) is 6.07 Å². The van der Waals surface area contributed by atoms with Gasteiger partial charge in [-0.25, -0.2) is 19.3 Å². The standard InChI is InChI=1S/C23H24F2N8O2/c24-15-3-4-18-27-12-17(33(18)13-15)21-29-22(20(25)23(30-21)31-8-10-35-11-9-31)28-16-2-1-7-32(14-16)19(34)5-6-26/h3-4,12-13,16H,1-2,5,7-11,14H2,(H,28,29,30)/t16-/m1/s1. The highest BCUT2D eigenvalue weighted by Crippen LogP contribution is 2.29. The van der Waals surface area contributed by atoms with E-state index in [1.54, 1.807) is 15.9 Å². The van der Waals surface area contributed by atoms with E-state index in [0.717, 1.165) is 6.42 Å². The number of anilines is 2. The van der Waals surface area contributed by atoms with Crippen molar-refractivity contribution in [1.29, 1.82) is 5.26 Å². The molecule has 0 aliphatic carbocycles. The normalized spacial score (nSPS) is 18.5. The van der Waals surface area contributed by atoms with Gasteiger partial charge in [-0.2, -0.15) is 9.65 Å². The molecule has 0 bridgehead atoms. The number of hydrogen-bond donors (Lipinski definition) is 1. The van der Waals surface area contributed by atoms with Crippen LogP contribution in [0.3, 0.4) is 0 Å². The number of carbonyl (C=O) groups is 1. The van der Waals surface area contributed by atoms with Crippen LogP contribution in [0.4, 0.5) is 20.4 Å². The molecule has 5 rings (SSSR count). The molecule has 0 spiro atoms. The van der Waals surface area contributed by atoms with E-state index in [4.69, 9.17) is 10.00 Å². The van der Waals surface area contributed by atoms with Crippen LogP contribution >= 0.6 is 0 Å². The van der Waals surface area contributed by atoms with Crippen LogP contribution in [0.15, 0.2) is 24.5 Å². The van der Waals surface area contributed by atoms with Crippen molar-refractivity contribution in [2.24, 2.45) is 0 Å². The molecule has 2 aliphatic rings. The number of amides is 1. The second kappa shape index (κ2) is 9.79. The van der Waals surface area contributed by atoms with Crippen LogP contribution in [0.2, 0.25) is 0 Å². The van der Waals surface area contributed by atoms with Gasteiger partial charge >= 0.3 is 0 Å². The molecule has 0 unspecified atom stereocenters. The molecule has 3 aromatic heterocycles. The topological polar surface area (TPSA) is 112 Å². The summed E-state index contributed by atoms with van der Waals surface area (Å²) < 4.78 is 36.6. The molecule has 5 heterocycles. The summed E-state index contributed by atoms with van der Waals surface area (Å²) in [5.41, 5.74) is 0.933. The third-order valence-corrected chi connectivity index (χ3v) is 6.19. The number of nitriles is 1. The lowest BCUT2D eigenvalue weighted by Gasteiger charge is -2.33. The highest BCUT2D eigenvalue weighted by Gasteiger charge is 2.28. The van der Waals surface area contributed by atoms with Crippen molar-refractivity contribution in [1.82, 2.24) is 24.3 Å². The molecule has 1 N–H and O–H groups in total. The highest BCUT2D eigenvalue weighted by molar-refractivity contribution is 5.78. The minimum atomic E-state index is -0.601. The molecule has 0 aromatic carbocycles. The SMILES string of the molecule is N#CCC(=O)N1CCC[C@@H](Nc2nc(-c3cnc4ccc(F)cn34)nc(N3CCOCC3)c2F)C1. The Balaban J connectivity index is 1.52. The zero-order valence-electron chi connectivity index (χ0n) is 19.0. The number of nitrogens with zero attached hydrogens (tertiary/aromatic N) is 7. The summed E-state index contributed by atoms with van der Waals surface area (Å²) in [5, 5.41) is 12.0. The molecular weight excluding hydrogens is 458 g/mol. The average Bonchev–Trinajstić information content (AvgIpc) is 3.29. The Kier molecular flexibility index (Phi) is 6.41. The first-order valence-electron chi connectivity index (χ1n) is 11.5. The predicted octanol–water partition coefficient (Wildman–Crippen LogP) is 2.22. The first kappa shape index (κ1) is 22.9. The minimum absolute atomic E-state index is 0.00225. The smallest absolute Gasteiger partial charge is 0.236 e. The molecule has 1 atom stereocenters. The largest absolute Gasteiger partial charge is 0.378 e. The Morgan fingerprint density at radius 3 is 2.86 bits per heavy atom.